The summed E-state index contributed by atoms with van der Waals surface area (Å²) in [5, 5.41) is 1.54. The van der Waals surface area contributed by atoms with Gasteiger partial charge in [-0.3, -0.25) is 4.18 Å². The smallest absolute Gasteiger partial charge is 0.264 e. The molecule has 0 spiro atoms. The molecule has 1 unspecified atom stereocenters. The van der Waals surface area contributed by atoms with E-state index < -0.39 is 10.1 Å². The van der Waals surface area contributed by atoms with Gasteiger partial charge in [0.05, 0.1) is 18.4 Å². The molecular weight excluding hydrogens is 421 g/mol. The number of hydrogen-bond donors (Lipinski definition) is 1. The molecule has 0 aliphatic rings. The fraction of sp³-hybridized carbons (Fsp3) is 0.300. The van der Waals surface area contributed by atoms with E-state index in [-0.39, 0.29) is 18.3 Å². The van der Waals surface area contributed by atoms with E-state index in [0.717, 1.165) is 28.3 Å². The Morgan fingerprint density at radius 2 is 1.93 bits per heavy atom. The number of thioether (sulfide) groups is 1. The first kappa shape index (κ1) is 21.2. The number of aromatic nitrogens is 1. The van der Waals surface area contributed by atoms with Crippen LogP contribution >= 0.6 is 23.4 Å². The lowest BCUT2D eigenvalue weighted by molar-refractivity contribution is 0.309. The maximum absolute atomic E-state index is 14.3. The molecule has 4 nitrogen and oxygen atoms in total. The molecule has 0 fully saturated rings. The minimum atomic E-state index is -3.52. The highest BCUT2D eigenvalue weighted by molar-refractivity contribution is 7.97. The average Bonchev–Trinajstić information content (AvgIpc) is 3.05. The Hall–Kier alpha value is -1.54. The summed E-state index contributed by atoms with van der Waals surface area (Å²) in [5.41, 5.74) is 3.36. The van der Waals surface area contributed by atoms with Gasteiger partial charge in [-0.2, -0.15) is 20.2 Å². The molecule has 1 N–H and O–H groups in total. The van der Waals surface area contributed by atoms with Crippen molar-refractivity contribution in [2.45, 2.75) is 18.1 Å². The maximum Gasteiger partial charge on any atom is 0.264 e. The standard InChI is InChI=1S/C20H21ClFNO3S2/c1-27-12-18-19(22)8-7-16-17(11-23-20(16)18)15(9-10-26-28(2,24)25)13-3-5-14(21)6-4-13/h3-8,11,15,23H,9-10,12H2,1-2H3. The van der Waals surface area contributed by atoms with Crippen LogP contribution in [0.1, 0.15) is 29.0 Å². The van der Waals surface area contributed by atoms with Crippen molar-refractivity contribution in [2.75, 3.05) is 19.1 Å². The van der Waals surface area contributed by atoms with E-state index in [0.29, 0.717) is 22.8 Å². The first-order valence-electron chi connectivity index (χ1n) is 8.67. The molecule has 0 radical (unpaired) electrons. The second-order valence-corrected chi connectivity index (χ2v) is 9.49. The third kappa shape index (κ3) is 4.89. The molecule has 28 heavy (non-hydrogen) atoms. The Balaban J connectivity index is 2.04. The highest BCUT2D eigenvalue weighted by Gasteiger charge is 2.21. The molecule has 0 saturated heterocycles. The van der Waals surface area contributed by atoms with E-state index in [1.165, 1.54) is 6.07 Å². The Bertz CT molecular complexity index is 1060. The third-order valence-electron chi connectivity index (χ3n) is 4.58. The van der Waals surface area contributed by atoms with E-state index in [1.54, 1.807) is 30.0 Å². The van der Waals surface area contributed by atoms with Crippen molar-refractivity contribution < 1.29 is 17.0 Å². The zero-order valence-electron chi connectivity index (χ0n) is 15.5. The number of benzene rings is 2. The monoisotopic (exact) mass is 441 g/mol. The molecule has 0 saturated carbocycles. The van der Waals surface area contributed by atoms with Gasteiger partial charge in [0.1, 0.15) is 5.82 Å². The first-order valence-corrected chi connectivity index (χ1v) is 12.3. The zero-order chi connectivity index (χ0) is 20.3. The van der Waals surface area contributed by atoms with Gasteiger partial charge in [0.25, 0.3) is 10.1 Å². The lowest BCUT2D eigenvalue weighted by Crippen LogP contribution is -2.09. The van der Waals surface area contributed by atoms with E-state index >= 15 is 0 Å². The number of H-pyrrole nitrogens is 1. The summed E-state index contributed by atoms with van der Waals surface area (Å²) in [5.74, 6) is 0.199. The molecule has 0 amide bonds. The van der Waals surface area contributed by atoms with Crippen LogP contribution < -0.4 is 0 Å². The number of hydrogen-bond acceptors (Lipinski definition) is 4. The summed E-state index contributed by atoms with van der Waals surface area (Å²) >= 11 is 7.57. The maximum atomic E-state index is 14.3. The van der Waals surface area contributed by atoms with Crippen LogP contribution in [0.5, 0.6) is 0 Å². The molecule has 8 heteroatoms. The Labute approximate surface area is 173 Å². The fourth-order valence-electron chi connectivity index (χ4n) is 3.34. The fourth-order valence-corrected chi connectivity index (χ4v) is 4.44. The van der Waals surface area contributed by atoms with Gasteiger partial charge in [-0.15, -0.1) is 0 Å². The van der Waals surface area contributed by atoms with Gasteiger partial charge in [0.15, 0.2) is 0 Å². The van der Waals surface area contributed by atoms with Crippen molar-refractivity contribution >= 4 is 44.4 Å². The number of rotatable bonds is 8. The lowest BCUT2D eigenvalue weighted by Gasteiger charge is -2.17. The number of fused-ring (bicyclic) bond motifs is 1. The van der Waals surface area contributed by atoms with Gasteiger partial charge in [-0.25, -0.2) is 4.39 Å². The summed E-state index contributed by atoms with van der Waals surface area (Å²) in [6.07, 6.45) is 5.29. The van der Waals surface area contributed by atoms with Crippen molar-refractivity contribution in [2.24, 2.45) is 0 Å². The summed E-state index contributed by atoms with van der Waals surface area (Å²) in [6, 6.07) is 10.7. The van der Waals surface area contributed by atoms with Crippen LogP contribution in [0.4, 0.5) is 4.39 Å². The van der Waals surface area contributed by atoms with Crippen molar-refractivity contribution in [3.05, 3.63) is 70.1 Å². The molecule has 1 aromatic heterocycles. The van der Waals surface area contributed by atoms with E-state index in [1.807, 2.05) is 24.6 Å². The second kappa shape index (κ2) is 8.86. The topological polar surface area (TPSA) is 59.2 Å². The SMILES string of the molecule is CSCc1c(F)ccc2c(C(CCOS(C)(=O)=O)c3ccc(Cl)cc3)c[nH]c12. The largest absolute Gasteiger partial charge is 0.361 e. The third-order valence-corrected chi connectivity index (χ3v) is 6.00. The summed E-state index contributed by atoms with van der Waals surface area (Å²) in [6.45, 7) is 0.0532. The van der Waals surface area contributed by atoms with Crippen LogP contribution in [-0.4, -0.2) is 32.5 Å². The highest BCUT2D eigenvalue weighted by atomic mass is 35.5. The van der Waals surface area contributed by atoms with Crippen LogP contribution in [0, 0.1) is 5.82 Å². The van der Waals surface area contributed by atoms with Crippen LogP contribution in [0.2, 0.25) is 5.02 Å². The van der Waals surface area contributed by atoms with E-state index in [4.69, 9.17) is 15.8 Å². The van der Waals surface area contributed by atoms with Crippen molar-refractivity contribution in [3.8, 4) is 0 Å². The molecular formula is C20H21ClFNO3S2. The molecule has 0 bridgehead atoms. The van der Waals surface area contributed by atoms with E-state index in [2.05, 4.69) is 4.98 Å². The number of nitrogens with one attached hydrogen (secondary N) is 1. The second-order valence-electron chi connectivity index (χ2n) is 6.54. The van der Waals surface area contributed by atoms with Crippen LogP contribution in [0.15, 0.2) is 42.6 Å². The van der Waals surface area contributed by atoms with Gasteiger partial charge < -0.3 is 4.98 Å². The molecule has 1 atom stereocenters. The summed E-state index contributed by atoms with van der Waals surface area (Å²) in [7, 11) is -3.52. The molecule has 3 rings (SSSR count). The molecule has 0 aliphatic heterocycles. The lowest BCUT2D eigenvalue weighted by atomic mass is 9.88. The van der Waals surface area contributed by atoms with Crippen LogP contribution in [-0.2, 0) is 20.1 Å². The van der Waals surface area contributed by atoms with Crippen LogP contribution in [0.3, 0.4) is 0 Å². The zero-order valence-corrected chi connectivity index (χ0v) is 17.9. The number of aromatic amines is 1. The Kier molecular flexibility index (Phi) is 6.70. The van der Waals surface area contributed by atoms with Gasteiger partial charge in [-0.05, 0) is 48.1 Å². The molecule has 150 valence electrons. The summed E-state index contributed by atoms with van der Waals surface area (Å²) in [4.78, 5) is 3.21. The van der Waals surface area contributed by atoms with Crippen molar-refractivity contribution in [1.82, 2.24) is 4.98 Å². The van der Waals surface area contributed by atoms with Gasteiger partial charge >= 0.3 is 0 Å². The molecule has 3 aromatic rings. The van der Waals surface area contributed by atoms with E-state index in [9.17, 15) is 12.8 Å². The number of halogens is 2. The predicted molar refractivity (Wildman–Crippen MR) is 114 cm³/mol. The minimum Gasteiger partial charge on any atom is -0.361 e. The van der Waals surface area contributed by atoms with Crippen molar-refractivity contribution in [3.63, 3.8) is 0 Å². The van der Waals surface area contributed by atoms with Gasteiger partial charge in [0, 0.05) is 33.8 Å². The average molecular weight is 442 g/mol. The Morgan fingerprint density at radius 1 is 1.21 bits per heavy atom. The first-order chi connectivity index (χ1) is 13.3. The van der Waals surface area contributed by atoms with Crippen LogP contribution in [0.25, 0.3) is 10.9 Å². The van der Waals surface area contributed by atoms with Gasteiger partial charge in [-0.1, -0.05) is 23.7 Å². The molecule has 0 aliphatic carbocycles. The summed E-state index contributed by atoms with van der Waals surface area (Å²) < 4.78 is 42.0. The minimum absolute atomic E-state index is 0.0532. The normalized spacial score (nSPS) is 13.1. The predicted octanol–water partition coefficient (Wildman–Crippen LogP) is 5.32. The van der Waals surface area contributed by atoms with Gasteiger partial charge in [0.2, 0.25) is 0 Å². The highest BCUT2D eigenvalue weighted by Crippen LogP contribution is 2.36. The Morgan fingerprint density at radius 3 is 2.57 bits per heavy atom. The molecule has 2 aromatic carbocycles. The van der Waals surface area contributed by atoms with Crippen molar-refractivity contribution in [1.29, 1.82) is 0 Å². The molecule has 1 heterocycles. The quantitative estimate of drug-likeness (QED) is 0.480.